The first kappa shape index (κ1) is 21.9. The zero-order chi connectivity index (χ0) is 22.1. The minimum atomic E-state index is -0.249. The van der Waals surface area contributed by atoms with E-state index in [1.807, 2.05) is 42.5 Å². The van der Waals surface area contributed by atoms with Gasteiger partial charge in [0.2, 0.25) is 11.8 Å². The van der Waals surface area contributed by atoms with Gasteiger partial charge in [0.25, 0.3) is 0 Å². The monoisotopic (exact) mass is 419 g/mol. The molecule has 0 aromatic heterocycles. The highest BCUT2D eigenvalue weighted by molar-refractivity contribution is 5.95. The van der Waals surface area contributed by atoms with Gasteiger partial charge in [0, 0.05) is 11.8 Å². The molecule has 0 aliphatic heterocycles. The number of benzene rings is 3. The molecule has 0 saturated heterocycles. The molecule has 31 heavy (non-hydrogen) atoms. The summed E-state index contributed by atoms with van der Waals surface area (Å²) in [6.07, 6.45) is 0. The summed E-state index contributed by atoms with van der Waals surface area (Å²) in [5.74, 6) is 1.40. The van der Waals surface area contributed by atoms with Gasteiger partial charge in [-0.1, -0.05) is 36.4 Å². The van der Waals surface area contributed by atoms with E-state index in [2.05, 4.69) is 10.6 Å². The summed E-state index contributed by atoms with van der Waals surface area (Å²) >= 11 is 0. The van der Waals surface area contributed by atoms with Crippen LogP contribution in [0.3, 0.4) is 0 Å². The van der Waals surface area contributed by atoms with Crippen LogP contribution in [0.25, 0.3) is 0 Å². The quantitative estimate of drug-likeness (QED) is 0.548. The van der Waals surface area contributed by atoms with Gasteiger partial charge in [0.15, 0.2) is 5.75 Å². The van der Waals surface area contributed by atoms with Gasteiger partial charge in [-0.05, 0) is 43.4 Å². The number of methoxy groups -OCH3 is 1. The molecular weight excluding hydrogens is 394 g/mol. The predicted octanol–water partition coefficient (Wildman–Crippen LogP) is 4.00. The molecule has 0 fully saturated rings. The molecule has 0 atom stereocenters. The topological polar surface area (TPSA) is 79.9 Å². The highest BCUT2D eigenvalue weighted by Crippen LogP contribution is 2.29. The summed E-state index contributed by atoms with van der Waals surface area (Å²) in [6.45, 7) is 0.109. The van der Waals surface area contributed by atoms with Crippen LogP contribution in [0.5, 0.6) is 17.2 Å². The van der Waals surface area contributed by atoms with Crippen LogP contribution in [0.4, 0.5) is 11.4 Å². The zero-order valence-corrected chi connectivity index (χ0v) is 17.5. The van der Waals surface area contributed by atoms with Crippen LogP contribution in [0.2, 0.25) is 0 Å². The predicted molar refractivity (Wildman–Crippen MR) is 121 cm³/mol. The molecule has 2 N–H and O–H groups in total. The van der Waals surface area contributed by atoms with E-state index in [9.17, 15) is 9.59 Å². The Bertz CT molecular complexity index is 1020. The fourth-order valence-corrected chi connectivity index (χ4v) is 2.91. The van der Waals surface area contributed by atoms with Gasteiger partial charge in [-0.3, -0.25) is 14.5 Å². The van der Waals surface area contributed by atoms with Crippen molar-refractivity contribution in [1.82, 2.24) is 4.90 Å². The number of anilines is 2. The lowest BCUT2D eigenvalue weighted by Crippen LogP contribution is -2.36. The van der Waals surface area contributed by atoms with Crippen LogP contribution in [0, 0.1) is 0 Å². The first-order chi connectivity index (χ1) is 15.0. The van der Waals surface area contributed by atoms with Crippen LogP contribution in [-0.4, -0.2) is 44.0 Å². The van der Waals surface area contributed by atoms with E-state index in [1.54, 1.807) is 55.5 Å². The lowest BCUT2D eigenvalue weighted by atomic mass is 10.2. The van der Waals surface area contributed by atoms with Crippen molar-refractivity contribution in [3.8, 4) is 17.2 Å². The largest absolute Gasteiger partial charge is 0.497 e. The highest BCUT2D eigenvalue weighted by atomic mass is 16.5. The standard InChI is InChI=1S/C24H25N3O4/c1-27(16-23(28)25-18-9-8-12-20(15-18)30-2)17-24(29)26-21-13-6-7-14-22(21)31-19-10-4-3-5-11-19/h3-15H,16-17H2,1-2H3,(H,25,28)(H,26,29). The first-order valence-corrected chi connectivity index (χ1v) is 9.78. The molecule has 0 heterocycles. The molecule has 3 rings (SSSR count). The Kier molecular flexibility index (Phi) is 7.61. The molecule has 0 radical (unpaired) electrons. The average Bonchev–Trinajstić information content (AvgIpc) is 2.75. The Morgan fingerprint density at radius 1 is 0.806 bits per heavy atom. The molecule has 0 spiro atoms. The molecule has 0 unspecified atom stereocenters. The number of hydrogen-bond acceptors (Lipinski definition) is 5. The van der Waals surface area contributed by atoms with Crippen LogP contribution in [-0.2, 0) is 9.59 Å². The molecule has 0 saturated carbocycles. The van der Waals surface area contributed by atoms with Gasteiger partial charge >= 0.3 is 0 Å². The number of rotatable bonds is 9. The van der Waals surface area contributed by atoms with E-state index < -0.39 is 0 Å². The Labute approximate surface area is 181 Å². The molecule has 0 aliphatic carbocycles. The van der Waals surface area contributed by atoms with Crippen molar-refractivity contribution in [2.24, 2.45) is 0 Å². The van der Waals surface area contributed by atoms with Crippen molar-refractivity contribution in [3.05, 3.63) is 78.9 Å². The summed E-state index contributed by atoms with van der Waals surface area (Å²) < 4.78 is 11.0. The van der Waals surface area contributed by atoms with Gasteiger partial charge in [0.05, 0.1) is 25.9 Å². The number of amides is 2. The second kappa shape index (κ2) is 10.8. The molecule has 3 aromatic carbocycles. The van der Waals surface area contributed by atoms with Crippen LogP contribution < -0.4 is 20.1 Å². The maximum absolute atomic E-state index is 12.5. The maximum atomic E-state index is 12.5. The summed E-state index contributed by atoms with van der Waals surface area (Å²) in [5.41, 5.74) is 1.19. The number of hydrogen-bond donors (Lipinski definition) is 2. The molecule has 3 aromatic rings. The van der Waals surface area contributed by atoms with E-state index in [-0.39, 0.29) is 24.9 Å². The number of likely N-dealkylation sites (N-methyl/N-ethyl adjacent to an activating group) is 1. The summed E-state index contributed by atoms with van der Waals surface area (Å²) in [7, 11) is 3.27. The number of nitrogens with zero attached hydrogens (tertiary/aromatic N) is 1. The summed E-state index contributed by atoms with van der Waals surface area (Å²) in [5, 5.41) is 5.64. The molecule has 0 aliphatic rings. The Hall–Kier alpha value is -3.84. The third-order valence-corrected chi connectivity index (χ3v) is 4.31. The zero-order valence-electron chi connectivity index (χ0n) is 17.5. The molecule has 2 amide bonds. The maximum Gasteiger partial charge on any atom is 0.238 e. The fraction of sp³-hybridized carbons (Fsp3) is 0.167. The lowest BCUT2D eigenvalue weighted by molar-refractivity contribution is -0.119. The SMILES string of the molecule is COc1cccc(NC(=O)CN(C)CC(=O)Nc2ccccc2Oc2ccccc2)c1. The third-order valence-electron chi connectivity index (χ3n) is 4.31. The number of nitrogens with one attached hydrogen (secondary N) is 2. The second-order valence-electron chi connectivity index (χ2n) is 6.91. The Morgan fingerprint density at radius 3 is 2.19 bits per heavy atom. The Morgan fingerprint density at radius 2 is 1.45 bits per heavy atom. The van der Waals surface area contributed by atoms with E-state index in [0.717, 1.165) is 0 Å². The van der Waals surface area contributed by atoms with Crippen LogP contribution in [0.1, 0.15) is 0 Å². The van der Waals surface area contributed by atoms with E-state index >= 15 is 0 Å². The molecule has 7 nitrogen and oxygen atoms in total. The van der Waals surface area contributed by atoms with Gasteiger partial charge < -0.3 is 20.1 Å². The van der Waals surface area contributed by atoms with E-state index in [4.69, 9.17) is 9.47 Å². The van der Waals surface area contributed by atoms with Gasteiger partial charge in [0.1, 0.15) is 11.5 Å². The summed E-state index contributed by atoms with van der Waals surface area (Å²) in [4.78, 5) is 26.4. The minimum absolute atomic E-state index is 0.0468. The van der Waals surface area contributed by atoms with Crippen molar-refractivity contribution in [2.45, 2.75) is 0 Å². The summed E-state index contributed by atoms with van der Waals surface area (Å²) in [6, 6.07) is 23.6. The average molecular weight is 419 g/mol. The van der Waals surface area contributed by atoms with Crippen molar-refractivity contribution in [3.63, 3.8) is 0 Å². The van der Waals surface area contributed by atoms with E-state index in [0.29, 0.717) is 28.6 Å². The second-order valence-corrected chi connectivity index (χ2v) is 6.91. The van der Waals surface area contributed by atoms with Crippen LogP contribution in [0.15, 0.2) is 78.9 Å². The number of para-hydroxylation sites is 3. The number of carbonyl (C=O) groups excluding carboxylic acids is 2. The minimum Gasteiger partial charge on any atom is -0.497 e. The molecule has 0 bridgehead atoms. The number of ether oxygens (including phenoxy) is 2. The Balaban J connectivity index is 1.53. The van der Waals surface area contributed by atoms with Gasteiger partial charge in [-0.15, -0.1) is 0 Å². The van der Waals surface area contributed by atoms with Gasteiger partial charge in [-0.2, -0.15) is 0 Å². The lowest BCUT2D eigenvalue weighted by Gasteiger charge is -2.17. The fourth-order valence-electron chi connectivity index (χ4n) is 2.91. The third kappa shape index (κ3) is 6.87. The number of carbonyl (C=O) groups is 2. The molecular formula is C24H25N3O4. The molecule has 160 valence electrons. The first-order valence-electron chi connectivity index (χ1n) is 9.78. The van der Waals surface area contributed by atoms with Crippen molar-refractivity contribution >= 4 is 23.2 Å². The van der Waals surface area contributed by atoms with Crippen molar-refractivity contribution in [1.29, 1.82) is 0 Å². The molecule has 7 heteroatoms. The van der Waals surface area contributed by atoms with Gasteiger partial charge in [-0.25, -0.2) is 0 Å². The van der Waals surface area contributed by atoms with Crippen LogP contribution >= 0.6 is 0 Å². The normalized spacial score (nSPS) is 10.4. The van der Waals surface area contributed by atoms with Crippen molar-refractivity contribution < 1.29 is 19.1 Å². The van der Waals surface area contributed by atoms with E-state index in [1.165, 1.54) is 0 Å². The van der Waals surface area contributed by atoms with Crippen molar-refractivity contribution in [2.75, 3.05) is 37.9 Å². The highest BCUT2D eigenvalue weighted by Gasteiger charge is 2.13. The smallest absolute Gasteiger partial charge is 0.238 e.